The number of pyridine rings is 1. The molecule has 0 aliphatic rings. The summed E-state index contributed by atoms with van der Waals surface area (Å²) in [5.74, 6) is -0.651. The fraction of sp³-hybridized carbons (Fsp3) is 0. The fourth-order valence-electron chi connectivity index (χ4n) is 1.37. The average Bonchev–Trinajstić information content (AvgIpc) is 2.94. The Labute approximate surface area is 119 Å². The summed E-state index contributed by atoms with van der Waals surface area (Å²) in [6, 6.07) is 6.56. The van der Waals surface area contributed by atoms with Crippen LogP contribution in [0.5, 0.6) is 0 Å². The lowest BCUT2D eigenvalue weighted by molar-refractivity contribution is -0.132. The van der Waals surface area contributed by atoms with Crippen LogP contribution in [-0.4, -0.2) is 21.8 Å². The van der Waals surface area contributed by atoms with Gasteiger partial charge in [-0.25, -0.2) is 14.8 Å². The second-order valence-electron chi connectivity index (χ2n) is 3.69. The maximum atomic E-state index is 10.8. The van der Waals surface area contributed by atoms with Crippen molar-refractivity contribution >= 4 is 29.1 Å². The zero-order valence-electron chi connectivity index (χ0n) is 10.2. The number of carboxylic acids is 1. The van der Waals surface area contributed by atoms with Crippen LogP contribution in [0.2, 0.25) is 5.02 Å². The number of carboxylic acid groups (broad SMARTS) is 1. The van der Waals surface area contributed by atoms with Crippen LogP contribution < -0.4 is 5.73 Å². The minimum Gasteiger partial charge on any atom is -0.477 e. The Morgan fingerprint density at radius 1 is 1.45 bits per heavy atom. The van der Waals surface area contributed by atoms with E-state index in [4.69, 9.17) is 26.9 Å². The number of allylic oxidation sites excluding steroid dienone is 1. The molecule has 0 spiro atoms. The Balaban J connectivity index is 2.51. The van der Waals surface area contributed by atoms with E-state index in [2.05, 4.69) is 9.98 Å². The highest BCUT2D eigenvalue weighted by atomic mass is 35.5. The van der Waals surface area contributed by atoms with Crippen molar-refractivity contribution in [2.45, 2.75) is 0 Å². The van der Waals surface area contributed by atoms with E-state index in [-0.39, 0.29) is 17.2 Å². The summed E-state index contributed by atoms with van der Waals surface area (Å²) in [6.07, 6.45) is 4.15. The Kier molecular flexibility index (Phi) is 4.17. The molecule has 0 radical (unpaired) electrons. The van der Waals surface area contributed by atoms with E-state index in [0.29, 0.717) is 10.8 Å². The predicted molar refractivity (Wildman–Crippen MR) is 74.1 cm³/mol. The van der Waals surface area contributed by atoms with Gasteiger partial charge in [-0.15, -0.1) is 0 Å². The first-order valence-electron chi connectivity index (χ1n) is 5.51. The minimum atomic E-state index is -1.25. The molecular formula is C13H10ClN3O3. The first-order valence-corrected chi connectivity index (χ1v) is 5.89. The number of hydrogen-bond acceptors (Lipinski definition) is 5. The van der Waals surface area contributed by atoms with Crippen molar-refractivity contribution in [2.24, 2.45) is 10.7 Å². The zero-order chi connectivity index (χ0) is 14.5. The van der Waals surface area contributed by atoms with Crippen molar-refractivity contribution in [3.63, 3.8) is 0 Å². The molecule has 0 bridgehead atoms. The van der Waals surface area contributed by atoms with Crippen molar-refractivity contribution in [3.05, 3.63) is 59.3 Å². The van der Waals surface area contributed by atoms with Crippen LogP contribution in [0.1, 0.15) is 5.76 Å². The van der Waals surface area contributed by atoms with Crippen LogP contribution in [0.4, 0.5) is 5.82 Å². The van der Waals surface area contributed by atoms with E-state index in [1.54, 1.807) is 24.3 Å². The largest absolute Gasteiger partial charge is 0.477 e. The molecular weight excluding hydrogens is 282 g/mol. The molecule has 2 rings (SSSR count). The van der Waals surface area contributed by atoms with E-state index in [0.717, 1.165) is 0 Å². The van der Waals surface area contributed by atoms with Crippen molar-refractivity contribution in [1.29, 1.82) is 0 Å². The summed E-state index contributed by atoms with van der Waals surface area (Å²) in [7, 11) is 0. The summed E-state index contributed by atoms with van der Waals surface area (Å²) in [4.78, 5) is 19.0. The Hall–Kier alpha value is -2.60. The lowest BCUT2D eigenvalue weighted by Crippen LogP contribution is -2.12. The SMILES string of the molecule is NC(=CC(=Nc1ncccc1Cl)c1ccco1)C(=O)O. The van der Waals surface area contributed by atoms with Crippen LogP contribution >= 0.6 is 11.6 Å². The summed E-state index contributed by atoms with van der Waals surface area (Å²) in [5, 5.41) is 9.16. The molecule has 2 aromatic heterocycles. The van der Waals surface area contributed by atoms with E-state index < -0.39 is 5.97 Å². The zero-order valence-corrected chi connectivity index (χ0v) is 10.9. The lowest BCUT2D eigenvalue weighted by Gasteiger charge is -2.01. The topological polar surface area (TPSA) is 102 Å². The van der Waals surface area contributed by atoms with Gasteiger partial charge in [-0.1, -0.05) is 11.6 Å². The molecule has 0 amide bonds. The fourth-order valence-corrected chi connectivity index (χ4v) is 1.53. The van der Waals surface area contributed by atoms with Crippen LogP contribution in [0, 0.1) is 0 Å². The number of aliphatic carboxylic acids is 1. The van der Waals surface area contributed by atoms with Gasteiger partial charge in [0.15, 0.2) is 11.6 Å². The summed E-state index contributed by atoms with van der Waals surface area (Å²) >= 11 is 5.96. The molecule has 20 heavy (non-hydrogen) atoms. The molecule has 2 aromatic rings. The number of furan rings is 1. The van der Waals surface area contributed by atoms with E-state index >= 15 is 0 Å². The van der Waals surface area contributed by atoms with Gasteiger partial charge in [0.25, 0.3) is 0 Å². The van der Waals surface area contributed by atoms with Crippen molar-refractivity contribution < 1.29 is 14.3 Å². The highest BCUT2D eigenvalue weighted by Gasteiger charge is 2.10. The Morgan fingerprint density at radius 3 is 2.85 bits per heavy atom. The number of aliphatic imine (C=N–C) groups is 1. The number of aromatic nitrogens is 1. The second-order valence-corrected chi connectivity index (χ2v) is 4.10. The smallest absolute Gasteiger partial charge is 0.351 e. The van der Waals surface area contributed by atoms with Gasteiger partial charge in [-0.2, -0.15) is 0 Å². The van der Waals surface area contributed by atoms with Gasteiger partial charge in [0, 0.05) is 6.20 Å². The standard InChI is InChI=1S/C13H10ClN3O3/c14-8-3-1-5-16-12(8)17-10(7-9(15)13(18)19)11-4-2-6-20-11/h1-7H,15H2,(H,18,19). The quantitative estimate of drug-likeness (QED) is 0.665. The normalized spacial score (nSPS) is 12.4. The maximum Gasteiger partial charge on any atom is 0.351 e. The monoisotopic (exact) mass is 291 g/mol. The molecule has 0 aliphatic carbocycles. The molecule has 6 nitrogen and oxygen atoms in total. The molecule has 102 valence electrons. The maximum absolute atomic E-state index is 10.8. The summed E-state index contributed by atoms with van der Waals surface area (Å²) in [5.41, 5.74) is 5.25. The third-order valence-electron chi connectivity index (χ3n) is 2.28. The Bertz CT molecular complexity index is 678. The molecule has 0 aliphatic heterocycles. The first-order chi connectivity index (χ1) is 9.58. The van der Waals surface area contributed by atoms with E-state index in [1.165, 1.54) is 18.5 Å². The minimum absolute atomic E-state index is 0.218. The van der Waals surface area contributed by atoms with Gasteiger partial charge in [0.1, 0.15) is 11.4 Å². The summed E-state index contributed by atoms with van der Waals surface area (Å²) in [6.45, 7) is 0. The van der Waals surface area contributed by atoms with Gasteiger partial charge >= 0.3 is 5.97 Å². The van der Waals surface area contributed by atoms with Gasteiger partial charge in [-0.05, 0) is 30.3 Å². The third-order valence-corrected chi connectivity index (χ3v) is 2.57. The van der Waals surface area contributed by atoms with E-state index in [1.807, 2.05) is 0 Å². The third kappa shape index (κ3) is 3.24. The van der Waals surface area contributed by atoms with Gasteiger partial charge < -0.3 is 15.3 Å². The molecule has 0 aromatic carbocycles. The number of rotatable bonds is 4. The van der Waals surface area contributed by atoms with Gasteiger partial charge in [0.05, 0.1) is 11.3 Å². The van der Waals surface area contributed by atoms with Crippen molar-refractivity contribution in [3.8, 4) is 0 Å². The molecule has 0 atom stereocenters. The number of hydrogen-bond donors (Lipinski definition) is 2. The van der Waals surface area contributed by atoms with Crippen LogP contribution in [0.15, 0.2) is 57.9 Å². The van der Waals surface area contributed by atoms with Crippen LogP contribution in [0.25, 0.3) is 0 Å². The number of nitrogens with zero attached hydrogens (tertiary/aromatic N) is 2. The highest BCUT2D eigenvalue weighted by Crippen LogP contribution is 2.22. The summed E-state index contributed by atoms with van der Waals surface area (Å²) < 4.78 is 5.19. The average molecular weight is 292 g/mol. The van der Waals surface area contributed by atoms with Crippen molar-refractivity contribution in [2.75, 3.05) is 0 Å². The molecule has 0 saturated carbocycles. The number of halogens is 1. The molecule has 0 fully saturated rings. The molecule has 2 heterocycles. The molecule has 3 N–H and O–H groups in total. The molecule has 7 heteroatoms. The first kappa shape index (κ1) is 13.8. The van der Waals surface area contributed by atoms with E-state index in [9.17, 15) is 4.79 Å². The van der Waals surface area contributed by atoms with Crippen LogP contribution in [0.3, 0.4) is 0 Å². The lowest BCUT2D eigenvalue weighted by atomic mass is 10.2. The van der Waals surface area contributed by atoms with Crippen molar-refractivity contribution in [1.82, 2.24) is 4.98 Å². The number of nitrogens with two attached hydrogens (primary N) is 1. The van der Waals surface area contributed by atoms with Gasteiger partial charge in [0.2, 0.25) is 0 Å². The Morgan fingerprint density at radius 2 is 2.25 bits per heavy atom. The number of carbonyl (C=O) groups is 1. The molecule has 0 unspecified atom stereocenters. The molecule has 0 saturated heterocycles. The van der Waals surface area contributed by atoms with Gasteiger partial charge in [-0.3, -0.25) is 0 Å². The highest BCUT2D eigenvalue weighted by molar-refractivity contribution is 6.33. The second kappa shape index (κ2) is 6.03. The van der Waals surface area contributed by atoms with Crippen LogP contribution in [-0.2, 0) is 4.79 Å². The predicted octanol–water partition coefficient (Wildman–Crippen LogP) is 2.38.